The number of fused-ring (bicyclic) bond motifs is 1. The lowest BCUT2D eigenvalue weighted by molar-refractivity contribution is -0.130. The second kappa shape index (κ2) is 7.00. The van der Waals surface area contributed by atoms with E-state index in [2.05, 4.69) is 0 Å². The summed E-state index contributed by atoms with van der Waals surface area (Å²) in [6.45, 7) is 0. The molecule has 3 aromatic rings. The number of benzene rings is 3. The number of carbonyl (C=O) groups is 1. The minimum atomic E-state index is -0.379. The van der Waals surface area contributed by atoms with Gasteiger partial charge in [0.05, 0.1) is 19.8 Å². The van der Waals surface area contributed by atoms with Crippen molar-refractivity contribution in [2.75, 3.05) is 14.2 Å². The molecule has 1 aliphatic rings. The fourth-order valence-corrected chi connectivity index (χ4v) is 3.14. The van der Waals surface area contributed by atoms with Gasteiger partial charge in [0.25, 0.3) is 0 Å². The van der Waals surface area contributed by atoms with Gasteiger partial charge in [0.1, 0.15) is 17.3 Å². The van der Waals surface area contributed by atoms with Crippen LogP contribution >= 0.6 is 0 Å². The van der Waals surface area contributed by atoms with Gasteiger partial charge in [0.2, 0.25) is 0 Å². The van der Waals surface area contributed by atoms with Gasteiger partial charge in [0, 0.05) is 11.1 Å². The minimum absolute atomic E-state index is 0.379. The van der Waals surface area contributed by atoms with Crippen LogP contribution in [-0.4, -0.2) is 20.2 Å². The quantitative estimate of drug-likeness (QED) is 0.495. The van der Waals surface area contributed by atoms with E-state index in [4.69, 9.17) is 14.2 Å². The van der Waals surface area contributed by atoms with Crippen molar-refractivity contribution in [3.8, 4) is 11.5 Å². The van der Waals surface area contributed by atoms with E-state index in [9.17, 15) is 4.79 Å². The van der Waals surface area contributed by atoms with Crippen LogP contribution < -0.4 is 9.47 Å². The van der Waals surface area contributed by atoms with E-state index in [-0.39, 0.29) is 5.97 Å². The molecule has 4 rings (SSSR count). The number of ether oxygens (including phenoxy) is 3. The predicted octanol–water partition coefficient (Wildman–Crippen LogP) is 4.84. The van der Waals surface area contributed by atoms with Gasteiger partial charge in [0.15, 0.2) is 0 Å². The smallest absolute Gasteiger partial charge is 0.343 e. The molecule has 0 fully saturated rings. The zero-order valence-corrected chi connectivity index (χ0v) is 15.1. The maximum Gasteiger partial charge on any atom is 0.343 e. The normalized spacial score (nSPS) is 15.0. The van der Waals surface area contributed by atoms with Crippen LogP contribution in [0.2, 0.25) is 0 Å². The molecule has 0 aliphatic carbocycles. The highest BCUT2D eigenvalue weighted by molar-refractivity contribution is 6.07. The van der Waals surface area contributed by atoms with E-state index < -0.39 is 0 Å². The topological polar surface area (TPSA) is 44.8 Å². The van der Waals surface area contributed by atoms with Gasteiger partial charge in [-0.15, -0.1) is 0 Å². The Hall–Kier alpha value is -3.53. The van der Waals surface area contributed by atoms with Gasteiger partial charge in [-0.1, -0.05) is 30.3 Å². The van der Waals surface area contributed by atoms with E-state index in [1.807, 2.05) is 66.7 Å². The number of carbonyl (C=O) groups excluding carboxylic acids is 1. The van der Waals surface area contributed by atoms with Crippen molar-refractivity contribution in [1.29, 1.82) is 0 Å². The van der Waals surface area contributed by atoms with Crippen molar-refractivity contribution < 1.29 is 19.0 Å². The zero-order valence-electron chi connectivity index (χ0n) is 15.1. The zero-order chi connectivity index (χ0) is 18.8. The van der Waals surface area contributed by atoms with Gasteiger partial charge in [-0.25, -0.2) is 4.79 Å². The summed E-state index contributed by atoms with van der Waals surface area (Å²) in [6, 6.07) is 19.3. The Balaban J connectivity index is 1.78. The number of cyclic esters (lactones) is 1. The first-order chi connectivity index (χ1) is 13.2. The van der Waals surface area contributed by atoms with Crippen LogP contribution in [-0.2, 0) is 9.53 Å². The van der Waals surface area contributed by atoms with Crippen LogP contribution in [0.5, 0.6) is 11.5 Å². The standard InChI is InChI=1S/C23H18O4/c1-25-18-10-7-16(8-11-18)22-14-17(23(24)27-22)13-20-19-6-4-3-5-15(19)9-12-21(20)26-2/h3-14H,1-2H3/b17-13-. The molecular weight excluding hydrogens is 340 g/mol. The maximum absolute atomic E-state index is 12.4. The van der Waals surface area contributed by atoms with Crippen molar-refractivity contribution in [3.63, 3.8) is 0 Å². The fourth-order valence-electron chi connectivity index (χ4n) is 3.14. The molecule has 4 heteroatoms. The molecule has 0 saturated carbocycles. The van der Waals surface area contributed by atoms with Crippen molar-refractivity contribution >= 4 is 28.6 Å². The molecule has 0 spiro atoms. The molecule has 3 aromatic carbocycles. The first-order valence-corrected chi connectivity index (χ1v) is 8.55. The minimum Gasteiger partial charge on any atom is -0.497 e. The van der Waals surface area contributed by atoms with Crippen LogP contribution in [0.3, 0.4) is 0 Å². The second-order valence-corrected chi connectivity index (χ2v) is 6.13. The Labute approximate surface area is 157 Å². The predicted molar refractivity (Wildman–Crippen MR) is 106 cm³/mol. The Morgan fingerprint density at radius 3 is 2.41 bits per heavy atom. The molecule has 0 aromatic heterocycles. The number of esters is 1. The summed E-state index contributed by atoms with van der Waals surface area (Å²) in [5.41, 5.74) is 2.16. The first kappa shape index (κ1) is 16.9. The summed E-state index contributed by atoms with van der Waals surface area (Å²) in [4.78, 5) is 12.4. The third-order valence-electron chi connectivity index (χ3n) is 4.55. The van der Waals surface area contributed by atoms with Crippen LogP contribution in [0.1, 0.15) is 11.1 Å². The van der Waals surface area contributed by atoms with Crippen LogP contribution in [0, 0.1) is 0 Å². The fraction of sp³-hybridized carbons (Fsp3) is 0.0870. The number of hydrogen-bond donors (Lipinski definition) is 0. The van der Waals surface area contributed by atoms with Crippen molar-refractivity contribution in [2.45, 2.75) is 0 Å². The van der Waals surface area contributed by atoms with Crippen LogP contribution in [0.15, 0.2) is 72.3 Å². The third-order valence-corrected chi connectivity index (χ3v) is 4.55. The highest BCUT2D eigenvalue weighted by atomic mass is 16.5. The lowest BCUT2D eigenvalue weighted by Gasteiger charge is -2.09. The first-order valence-electron chi connectivity index (χ1n) is 8.55. The van der Waals surface area contributed by atoms with Crippen molar-refractivity contribution in [1.82, 2.24) is 0 Å². The average Bonchev–Trinajstić information content (AvgIpc) is 3.08. The summed E-state index contributed by atoms with van der Waals surface area (Å²) < 4.78 is 16.1. The molecule has 0 N–H and O–H groups in total. The van der Waals surface area contributed by atoms with Crippen LogP contribution in [0.4, 0.5) is 0 Å². The number of rotatable bonds is 4. The lowest BCUT2D eigenvalue weighted by atomic mass is 10.0. The molecule has 0 radical (unpaired) electrons. The van der Waals surface area contributed by atoms with Crippen LogP contribution in [0.25, 0.3) is 22.6 Å². The number of hydrogen-bond acceptors (Lipinski definition) is 4. The summed E-state index contributed by atoms with van der Waals surface area (Å²) in [5.74, 6) is 1.60. The van der Waals surface area contributed by atoms with E-state index in [1.54, 1.807) is 20.3 Å². The third kappa shape index (κ3) is 3.17. The molecule has 0 amide bonds. The van der Waals surface area contributed by atoms with Gasteiger partial charge < -0.3 is 14.2 Å². The van der Waals surface area contributed by atoms with E-state index in [0.717, 1.165) is 27.6 Å². The summed E-state index contributed by atoms with van der Waals surface area (Å²) in [7, 11) is 3.24. The van der Waals surface area contributed by atoms with E-state index in [1.165, 1.54) is 0 Å². The summed E-state index contributed by atoms with van der Waals surface area (Å²) in [5, 5.41) is 2.10. The Morgan fingerprint density at radius 1 is 0.889 bits per heavy atom. The molecule has 0 saturated heterocycles. The van der Waals surface area contributed by atoms with Gasteiger partial charge >= 0.3 is 5.97 Å². The molecule has 134 valence electrons. The average molecular weight is 358 g/mol. The van der Waals surface area contributed by atoms with Gasteiger partial charge in [-0.3, -0.25) is 0 Å². The molecular formula is C23H18O4. The molecule has 4 nitrogen and oxygen atoms in total. The number of methoxy groups -OCH3 is 2. The summed E-state index contributed by atoms with van der Waals surface area (Å²) >= 11 is 0. The Morgan fingerprint density at radius 2 is 1.67 bits per heavy atom. The van der Waals surface area contributed by atoms with E-state index >= 15 is 0 Å². The monoisotopic (exact) mass is 358 g/mol. The lowest BCUT2D eigenvalue weighted by Crippen LogP contribution is -1.98. The van der Waals surface area contributed by atoms with Gasteiger partial charge in [-0.05, 0) is 53.3 Å². The molecule has 1 aliphatic heterocycles. The summed E-state index contributed by atoms with van der Waals surface area (Å²) in [6.07, 6.45) is 3.57. The second-order valence-electron chi connectivity index (χ2n) is 6.13. The Kier molecular flexibility index (Phi) is 4.38. The van der Waals surface area contributed by atoms with Crippen molar-refractivity contribution in [2.24, 2.45) is 0 Å². The highest BCUT2D eigenvalue weighted by Crippen LogP contribution is 2.33. The largest absolute Gasteiger partial charge is 0.497 e. The molecule has 27 heavy (non-hydrogen) atoms. The molecule has 0 atom stereocenters. The van der Waals surface area contributed by atoms with E-state index in [0.29, 0.717) is 17.1 Å². The molecule has 1 heterocycles. The van der Waals surface area contributed by atoms with Crippen molar-refractivity contribution in [3.05, 3.63) is 83.4 Å². The highest BCUT2D eigenvalue weighted by Gasteiger charge is 2.23. The Bertz CT molecular complexity index is 1080. The van der Waals surface area contributed by atoms with Gasteiger partial charge in [-0.2, -0.15) is 0 Å². The molecule has 0 unspecified atom stereocenters. The SMILES string of the molecule is COc1ccc(C2=C/C(=C/c3c(OC)ccc4ccccc34)C(=O)O2)cc1. The maximum atomic E-state index is 12.4. The molecule has 0 bridgehead atoms.